The smallest absolute Gasteiger partial charge is 0.341 e. The Kier molecular flexibility index (Phi) is 6.56. The first-order chi connectivity index (χ1) is 18.3. The van der Waals surface area contributed by atoms with Gasteiger partial charge in [0.05, 0.1) is 17.7 Å². The molecule has 9 nitrogen and oxygen atoms in total. The fraction of sp³-hybridized carbons (Fsp3) is 0.321. The summed E-state index contributed by atoms with van der Waals surface area (Å²) in [6.45, 7) is 2.24. The van der Waals surface area contributed by atoms with Gasteiger partial charge in [0.2, 0.25) is 5.60 Å². The van der Waals surface area contributed by atoms with Crippen molar-refractivity contribution in [1.29, 1.82) is 0 Å². The second kappa shape index (κ2) is 9.85. The lowest BCUT2D eigenvalue weighted by Crippen LogP contribution is -2.60. The molecule has 2 aliphatic heterocycles. The van der Waals surface area contributed by atoms with Crippen LogP contribution in [0.25, 0.3) is 10.8 Å². The highest BCUT2D eigenvalue weighted by molar-refractivity contribution is 6.12. The van der Waals surface area contributed by atoms with Gasteiger partial charge < -0.3 is 19.6 Å². The number of hydrogen-bond donors (Lipinski definition) is 1. The van der Waals surface area contributed by atoms with Crippen LogP contribution in [0.3, 0.4) is 0 Å². The molecule has 196 valence electrons. The van der Waals surface area contributed by atoms with E-state index in [1.165, 1.54) is 12.1 Å². The number of ether oxygens (including phenoxy) is 2. The summed E-state index contributed by atoms with van der Waals surface area (Å²) >= 11 is 0. The minimum atomic E-state index is -2.31. The summed E-state index contributed by atoms with van der Waals surface area (Å²) in [6, 6.07) is 16.2. The highest BCUT2D eigenvalue weighted by atomic mass is 19.1. The molecule has 0 spiro atoms. The number of amides is 1. The number of alkyl halides is 1. The Bertz CT molecular complexity index is 1420. The molecule has 38 heavy (non-hydrogen) atoms. The molecule has 2 aromatic carbocycles. The van der Waals surface area contributed by atoms with Crippen molar-refractivity contribution < 1.29 is 33.1 Å². The zero-order valence-electron chi connectivity index (χ0n) is 20.8. The quantitative estimate of drug-likeness (QED) is 0.473. The third-order valence-corrected chi connectivity index (χ3v) is 6.97. The van der Waals surface area contributed by atoms with E-state index in [4.69, 9.17) is 14.3 Å². The third kappa shape index (κ3) is 4.36. The maximum absolute atomic E-state index is 14.4. The predicted molar refractivity (Wildman–Crippen MR) is 135 cm³/mol. The summed E-state index contributed by atoms with van der Waals surface area (Å²) in [5.74, 6) is -5.01. The van der Waals surface area contributed by atoms with E-state index in [0.717, 1.165) is 10.8 Å². The molecule has 3 heterocycles. The van der Waals surface area contributed by atoms with Crippen LogP contribution < -0.4 is 5.32 Å². The van der Waals surface area contributed by atoms with E-state index in [0.29, 0.717) is 11.4 Å². The molecule has 1 fully saturated rings. The van der Waals surface area contributed by atoms with Crippen molar-refractivity contribution >= 4 is 34.3 Å². The Hall–Kier alpha value is -4.34. The van der Waals surface area contributed by atoms with E-state index >= 15 is 0 Å². The van der Waals surface area contributed by atoms with Crippen molar-refractivity contribution in [3.8, 4) is 0 Å². The molecule has 1 saturated heterocycles. The molecule has 1 N–H and O–H groups in total. The number of hydrogen-bond acceptors (Lipinski definition) is 8. The number of oxime groups is 1. The molecule has 2 aliphatic rings. The van der Waals surface area contributed by atoms with E-state index in [1.807, 2.05) is 30.3 Å². The van der Waals surface area contributed by atoms with E-state index in [2.05, 4.69) is 15.5 Å². The number of halogens is 1. The predicted octanol–water partition coefficient (Wildman–Crippen LogP) is 3.71. The van der Waals surface area contributed by atoms with Crippen LogP contribution in [-0.4, -0.2) is 52.6 Å². The number of carbonyl (C=O) groups is 3. The van der Waals surface area contributed by atoms with Crippen molar-refractivity contribution in [3.05, 3.63) is 78.1 Å². The number of aromatic nitrogens is 1. The Labute approximate surface area is 218 Å². The van der Waals surface area contributed by atoms with Gasteiger partial charge in [0.1, 0.15) is 11.8 Å². The largest absolute Gasteiger partial charge is 0.417 e. The molecule has 5 rings (SSSR count). The van der Waals surface area contributed by atoms with Gasteiger partial charge in [-0.2, -0.15) is 0 Å². The van der Waals surface area contributed by atoms with Crippen LogP contribution in [-0.2, 0) is 23.9 Å². The molecule has 10 heteroatoms. The lowest BCUT2D eigenvalue weighted by molar-refractivity contribution is -0.203. The third-order valence-electron chi connectivity index (χ3n) is 6.97. The van der Waals surface area contributed by atoms with Gasteiger partial charge in [0.15, 0.2) is 6.67 Å². The molecule has 0 radical (unpaired) electrons. The molecule has 3 atom stereocenters. The monoisotopic (exact) mass is 519 g/mol. The number of nitrogens with one attached hydrogen (secondary N) is 1. The fourth-order valence-electron chi connectivity index (χ4n) is 4.72. The molecular formula is C28H26FN3O6. The number of pyridine rings is 1. The first-order valence-corrected chi connectivity index (χ1v) is 12.2. The van der Waals surface area contributed by atoms with Crippen LogP contribution in [0, 0.1) is 5.92 Å². The minimum Gasteiger partial charge on any atom is -0.417 e. The number of esters is 2. The lowest BCUT2D eigenvalue weighted by atomic mass is 9.83. The number of nitrogens with zero attached hydrogens (tertiary/aromatic N) is 2. The maximum atomic E-state index is 14.4. The molecule has 1 aromatic heterocycles. The Morgan fingerprint density at radius 3 is 2.61 bits per heavy atom. The lowest BCUT2D eigenvalue weighted by Gasteiger charge is -2.34. The highest BCUT2D eigenvalue weighted by Crippen LogP contribution is 2.37. The Morgan fingerprint density at radius 1 is 1.13 bits per heavy atom. The average molecular weight is 520 g/mol. The van der Waals surface area contributed by atoms with Gasteiger partial charge in [-0.25, -0.2) is 9.18 Å². The van der Waals surface area contributed by atoms with Crippen molar-refractivity contribution in [3.63, 3.8) is 0 Å². The van der Waals surface area contributed by atoms with Gasteiger partial charge in [-0.15, -0.1) is 0 Å². The SMILES string of the molecule is CC(C)C1(C(=O)N[C@H]2CC(=O)O[C@@]2(CF)OC(=O)c2ccccc2)CC(c2nccc3ccccc23)=NO1. The maximum Gasteiger partial charge on any atom is 0.341 e. The normalized spacial score (nSPS) is 24.6. The van der Waals surface area contributed by atoms with E-state index < -0.39 is 42.0 Å². The number of cyclic esters (lactones) is 1. The summed E-state index contributed by atoms with van der Waals surface area (Å²) in [4.78, 5) is 48.9. The Morgan fingerprint density at radius 2 is 1.87 bits per heavy atom. The number of rotatable bonds is 7. The summed E-state index contributed by atoms with van der Waals surface area (Å²) in [6.07, 6.45) is 1.36. The summed E-state index contributed by atoms with van der Waals surface area (Å²) < 4.78 is 24.9. The van der Waals surface area contributed by atoms with Gasteiger partial charge in [-0.1, -0.05) is 61.5 Å². The first-order valence-electron chi connectivity index (χ1n) is 12.2. The van der Waals surface area contributed by atoms with Crippen molar-refractivity contribution in [2.24, 2.45) is 11.1 Å². The molecule has 1 amide bonds. The fourth-order valence-corrected chi connectivity index (χ4v) is 4.72. The van der Waals surface area contributed by atoms with E-state index in [9.17, 15) is 18.8 Å². The van der Waals surface area contributed by atoms with Crippen LogP contribution in [0.15, 0.2) is 72.0 Å². The molecule has 0 saturated carbocycles. The van der Waals surface area contributed by atoms with Gasteiger partial charge in [-0.05, 0) is 23.6 Å². The van der Waals surface area contributed by atoms with Crippen molar-refractivity contribution in [2.75, 3.05) is 6.67 Å². The van der Waals surface area contributed by atoms with Crippen LogP contribution in [0.1, 0.15) is 42.7 Å². The molecule has 0 aliphatic carbocycles. The first kappa shape index (κ1) is 25.3. The second-order valence-corrected chi connectivity index (χ2v) is 9.64. The average Bonchev–Trinajstić information content (AvgIpc) is 3.51. The van der Waals surface area contributed by atoms with E-state index in [-0.39, 0.29) is 24.3 Å². The van der Waals surface area contributed by atoms with Crippen LogP contribution >= 0.6 is 0 Å². The van der Waals surface area contributed by atoms with Gasteiger partial charge in [0, 0.05) is 23.9 Å². The van der Waals surface area contributed by atoms with Crippen molar-refractivity contribution in [2.45, 2.75) is 44.1 Å². The second-order valence-electron chi connectivity index (χ2n) is 9.64. The van der Waals surface area contributed by atoms with Crippen LogP contribution in [0.5, 0.6) is 0 Å². The molecule has 3 aromatic rings. The summed E-state index contributed by atoms with van der Waals surface area (Å²) in [5, 5.41) is 8.70. The minimum absolute atomic E-state index is 0.0887. The molecule has 1 unspecified atom stereocenters. The topological polar surface area (TPSA) is 116 Å². The van der Waals surface area contributed by atoms with Crippen molar-refractivity contribution in [1.82, 2.24) is 10.3 Å². The number of benzene rings is 2. The van der Waals surface area contributed by atoms with Crippen LogP contribution in [0.2, 0.25) is 0 Å². The Balaban J connectivity index is 1.39. The van der Waals surface area contributed by atoms with Gasteiger partial charge in [0.25, 0.3) is 5.91 Å². The van der Waals surface area contributed by atoms with Crippen LogP contribution in [0.4, 0.5) is 4.39 Å². The molecular weight excluding hydrogens is 493 g/mol. The molecule has 0 bridgehead atoms. The number of fused-ring (bicyclic) bond motifs is 1. The standard InChI is InChI=1S/C28H26FN3O6/c1-17(2)27(15-21(32-38-27)24-20-11-7-6-8-18(20)12-13-30-24)26(35)31-22-14-23(33)36-28(22,16-29)37-25(34)19-9-4-3-5-10-19/h3-13,17,22H,14-16H2,1-2H3,(H,31,35)/t22-,27?,28-/m0/s1. The van der Waals surface area contributed by atoms with Gasteiger partial charge in [-0.3, -0.25) is 14.6 Å². The zero-order chi connectivity index (χ0) is 26.9. The zero-order valence-corrected chi connectivity index (χ0v) is 20.8. The summed E-state index contributed by atoms with van der Waals surface area (Å²) in [7, 11) is 0. The van der Waals surface area contributed by atoms with E-state index in [1.54, 1.807) is 38.2 Å². The highest BCUT2D eigenvalue weighted by Gasteiger charge is 2.57. The number of carbonyl (C=O) groups excluding carboxylic acids is 3. The summed E-state index contributed by atoms with van der Waals surface area (Å²) in [5.41, 5.74) is -0.249. The van der Waals surface area contributed by atoms with Gasteiger partial charge >= 0.3 is 17.7 Å².